The molecule has 3 aliphatic rings. The average molecular weight is 666 g/mol. The highest BCUT2D eigenvalue weighted by Gasteiger charge is 2.46. The predicted octanol–water partition coefficient (Wildman–Crippen LogP) is 4.90. The Labute approximate surface area is 281 Å². The number of ether oxygens (including phenoxy) is 2. The minimum Gasteiger partial charge on any atom is -0.471 e. The van der Waals surface area contributed by atoms with Gasteiger partial charge in [0, 0.05) is 55.8 Å². The number of pyridine rings is 1. The molecule has 1 aliphatic carbocycles. The molecule has 11 heteroatoms. The molecule has 1 spiro atoms. The number of fused-ring (bicyclic) bond motifs is 1. The van der Waals surface area contributed by atoms with Gasteiger partial charge in [0.05, 0.1) is 29.5 Å². The van der Waals surface area contributed by atoms with E-state index in [9.17, 15) is 14.3 Å². The van der Waals surface area contributed by atoms with Gasteiger partial charge < -0.3 is 25.2 Å². The summed E-state index contributed by atoms with van der Waals surface area (Å²) in [4.78, 5) is 25.1. The Bertz CT molecular complexity index is 1520. The molecule has 2 aliphatic heterocycles. The van der Waals surface area contributed by atoms with E-state index in [2.05, 4.69) is 47.4 Å². The lowest BCUT2D eigenvalue weighted by molar-refractivity contribution is -0.140. The highest BCUT2D eigenvalue weighted by Crippen LogP contribution is 2.48. The molecule has 2 aromatic heterocycles. The highest BCUT2D eigenvalue weighted by atomic mass is 32.1. The summed E-state index contributed by atoms with van der Waals surface area (Å²) in [5.74, 6) is 0.0739. The third-order valence-electron chi connectivity index (χ3n) is 9.43. The molecule has 9 nitrogen and oxygen atoms in total. The van der Waals surface area contributed by atoms with Crippen molar-refractivity contribution in [1.29, 1.82) is 0 Å². The maximum Gasteiger partial charge on any atom is 0.250 e. The van der Waals surface area contributed by atoms with E-state index in [0.29, 0.717) is 38.5 Å². The van der Waals surface area contributed by atoms with Gasteiger partial charge in [0.1, 0.15) is 17.5 Å². The van der Waals surface area contributed by atoms with Gasteiger partial charge in [-0.2, -0.15) is 0 Å². The molecular weight excluding hydrogens is 617 g/mol. The van der Waals surface area contributed by atoms with Crippen molar-refractivity contribution in [1.82, 2.24) is 25.5 Å². The molecule has 4 atom stereocenters. The van der Waals surface area contributed by atoms with E-state index in [0.717, 1.165) is 59.5 Å². The molecule has 0 radical (unpaired) electrons. The van der Waals surface area contributed by atoms with Crippen LogP contribution in [-0.4, -0.2) is 76.0 Å². The lowest BCUT2D eigenvalue weighted by atomic mass is 9.73. The first kappa shape index (κ1) is 33.9. The van der Waals surface area contributed by atoms with Gasteiger partial charge in [-0.1, -0.05) is 32.9 Å². The molecule has 0 unspecified atom stereocenters. The molecule has 6 rings (SSSR count). The highest BCUT2D eigenvalue weighted by molar-refractivity contribution is 7.09. The van der Waals surface area contributed by atoms with Gasteiger partial charge in [-0.25, -0.2) is 14.4 Å². The zero-order chi connectivity index (χ0) is 33.2. The maximum absolute atomic E-state index is 13.7. The third-order valence-corrected chi connectivity index (χ3v) is 10.3. The van der Waals surface area contributed by atoms with Gasteiger partial charge in [0.25, 0.3) is 5.91 Å². The number of carbonyl (C=O) groups excluding carboxylic acids is 1. The first-order valence-corrected chi connectivity index (χ1v) is 17.7. The number of aromatic nitrogens is 2. The van der Waals surface area contributed by atoms with Crippen LogP contribution in [0.5, 0.6) is 5.88 Å². The van der Waals surface area contributed by atoms with Crippen LogP contribution in [0, 0.1) is 18.2 Å². The summed E-state index contributed by atoms with van der Waals surface area (Å²) in [7, 11) is 0. The minimum atomic E-state index is -0.920. The van der Waals surface area contributed by atoms with Crippen LogP contribution in [0.1, 0.15) is 79.9 Å². The Morgan fingerprint density at radius 1 is 1.23 bits per heavy atom. The fourth-order valence-electron chi connectivity index (χ4n) is 6.90. The monoisotopic (exact) mass is 665 g/mol. The minimum absolute atomic E-state index is 0.0483. The molecule has 3 aromatic rings. The fraction of sp³-hybridized carbons (Fsp3) is 0.583. The largest absolute Gasteiger partial charge is 0.471 e. The summed E-state index contributed by atoms with van der Waals surface area (Å²) in [6.45, 7) is 11.1. The summed E-state index contributed by atoms with van der Waals surface area (Å²) < 4.78 is 26.1. The van der Waals surface area contributed by atoms with Gasteiger partial charge in [-0.05, 0) is 73.8 Å². The quantitative estimate of drug-likeness (QED) is 0.266. The fourth-order valence-corrected chi connectivity index (χ4v) is 7.50. The zero-order valence-corrected chi connectivity index (χ0v) is 28.7. The predicted molar refractivity (Wildman–Crippen MR) is 180 cm³/mol. The van der Waals surface area contributed by atoms with Gasteiger partial charge in [-0.3, -0.25) is 9.69 Å². The van der Waals surface area contributed by atoms with E-state index in [1.807, 2.05) is 18.5 Å². The van der Waals surface area contributed by atoms with Crippen LogP contribution < -0.4 is 15.4 Å². The second-order valence-corrected chi connectivity index (χ2v) is 15.8. The van der Waals surface area contributed by atoms with Crippen molar-refractivity contribution in [2.24, 2.45) is 5.41 Å². The number of aryl methyl sites for hydroxylation is 1. The molecule has 1 saturated carbocycles. The summed E-state index contributed by atoms with van der Waals surface area (Å²) in [5, 5.41) is 21.4. The number of thiazole rings is 1. The SMILES string of the molecule is Cc1nc(CN2CCO[C@@H](C(=O)N[C@@H](Cc3ccc(F)cc3)[C@H](O)CN[C@H]3CC4(CCC4)Oc4ncc(CC(C)(C)C)cc43)C2)cs1. The lowest BCUT2D eigenvalue weighted by Gasteiger charge is -2.47. The van der Waals surface area contributed by atoms with E-state index in [-0.39, 0.29) is 35.3 Å². The van der Waals surface area contributed by atoms with Crippen molar-refractivity contribution >= 4 is 17.2 Å². The van der Waals surface area contributed by atoms with E-state index < -0.39 is 18.2 Å². The molecule has 1 aromatic carbocycles. The molecule has 3 N–H and O–H groups in total. The molecular formula is C36H48FN5O4S. The number of hydrogen-bond acceptors (Lipinski definition) is 9. The molecule has 2 fully saturated rings. The number of carbonyl (C=O) groups is 1. The van der Waals surface area contributed by atoms with Crippen molar-refractivity contribution in [3.8, 4) is 5.88 Å². The number of rotatable bonds is 11. The van der Waals surface area contributed by atoms with Crippen LogP contribution in [0.4, 0.5) is 4.39 Å². The van der Waals surface area contributed by atoms with Crippen LogP contribution >= 0.6 is 11.3 Å². The number of benzene rings is 1. The summed E-state index contributed by atoms with van der Waals surface area (Å²) in [6.07, 6.45) is 5.47. The van der Waals surface area contributed by atoms with Gasteiger partial charge in [-0.15, -0.1) is 11.3 Å². The smallest absolute Gasteiger partial charge is 0.250 e. The van der Waals surface area contributed by atoms with Crippen molar-refractivity contribution in [2.75, 3.05) is 26.2 Å². The first-order chi connectivity index (χ1) is 22.4. The second-order valence-electron chi connectivity index (χ2n) is 14.7. The number of amides is 1. The maximum atomic E-state index is 13.7. The van der Waals surface area contributed by atoms with Crippen molar-refractivity contribution in [3.63, 3.8) is 0 Å². The number of aliphatic hydroxyl groups excluding tert-OH is 1. The van der Waals surface area contributed by atoms with E-state index in [4.69, 9.17) is 14.5 Å². The number of aliphatic hydroxyl groups is 1. The van der Waals surface area contributed by atoms with Crippen LogP contribution in [0.15, 0.2) is 41.9 Å². The van der Waals surface area contributed by atoms with Crippen molar-refractivity contribution in [3.05, 3.63) is 75.1 Å². The molecule has 0 bridgehead atoms. The van der Waals surface area contributed by atoms with Gasteiger partial charge in [0.15, 0.2) is 0 Å². The van der Waals surface area contributed by atoms with Crippen LogP contribution in [0.2, 0.25) is 0 Å². The van der Waals surface area contributed by atoms with Gasteiger partial charge >= 0.3 is 0 Å². The molecule has 1 amide bonds. The van der Waals surface area contributed by atoms with E-state index >= 15 is 0 Å². The Kier molecular flexibility index (Phi) is 10.3. The summed E-state index contributed by atoms with van der Waals surface area (Å²) in [5.41, 5.74) is 3.87. The number of nitrogens with zero attached hydrogens (tertiary/aromatic N) is 3. The number of hydrogen-bond donors (Lipinski definition) is 3. The van der Waals surface area contributed by atoms with E-state index in [1.54, 1.807) is 23.5 Å². The second kappa shape index (κ2) is 14.3. The number of nitrogens with one attached hydrogen (secondary N) is 2. The topological polar surface area (TPSA) is 109 Å². The normalized spacial score (nSPS) is 22.2. The zero-order valence-electron chi connectivity index (χ0n) is 27.9. The average Bonchev–Trinajstić information content (AvgIpc) is 3.42. The van der Waals surface area contributed by atoms with Crippen molar-refractivity contribution in [2.45, 2.75) is 103 Å². The van der Waals surface area contributed by atoms with Crippen LogP contribution in [0.25, 0.3) is 0 Å². The Morgan fingerprint density at radius 2 is 2.02 bits per heavy atom. The van der Waals surface area contributed by atoms with E-state index in [1.165, 1.54) is 12.1 Å². The molecule has 4 heterocycles. The lowest BCUT2D eigenvalue weighted by Crippen LogP contribution is -2.56. The summed E-state index contributed by atoms with van der Waals surface area (Å²) >= 11 is 1.62. The van der Waals surface area contributed by atoms with Crippen LogP contribution in [-0.2, 0) is 28.9 Å². The Morgan fingerprint density at radius 3 is 2.70 bits per heavy atom. The number of halogens is 1. The first-order valence-electron chi connectivity index (χ1n) is 16.8. The van der Waals surface area contributed by atoms with Gasteiger partial charge in [0.2, 0.25) is 5.88 Å². The molecule has 47 heavy (non-hydrogen) atoms. The Hall–Kier alpha value is -2.96. The van der Waals surface area contributed by atoms with Crippen molar-refractivity contribution < 1.29 is 23.8 Å². The third kappa shape index (κ3) is 8.75. The number of morpholine rings is 1. The Balaban J connectivity index is 1.15. The van der Waals surface area contributed by atoms with Crippen LogP contribution in [0.3, 0.4) is 0 Å². The molecule has 254 valence electrons. The summed E-state index contributed by atoms with van der Waals surface area (Å²) in [6, 6.07) is 7.72. The standard InChI is InChI=1S/C36H48FN5O4S/c1-23-40-27(22-47-23)20-42-12-13-45-32(21-42)33(44)41-29(15-24-6-8-26(37)9-7-24)31(43)19-38-30-17-36(10-5-11-36)46-34-28(30)14-25(18-39-34)16-35(2,3)4/h6-9,14,18,22,29-32,38,43H,5,10-13,15-17,19-21H2,1-4H3,(H,41,44)/t29-,30-,31+,32+/m0/s1. The molecule has 1 saturated heterocycles.